The fourth-order valence-corrected chi connectivity index (χ4v) is 2.13. The van der Waals surface area contributed by atoms with E-state index >= 15 is 0 Å². The standard InChI is InChI=1S/C15H19FN2O/c1-11(17-2)13-7-5-9-18(13)10-12-6-4-8-14(19-3)15(12)16/h4-9,11,17H,10H2,1-3H3. The van der Waals surface area contributed by atoms with Crippen LogP contribution in [0.15, 0.2) is 36.5 Å². The van der Waals surface area contributed by atoms with Crippen LogP contribution in [0.3, 0.4) is 0 Å². The second-order valence-corrected chi connectivity index (χ2v) is 4.50. The van der Waals surface area contributed by atoms with Gasteiger partial charge in [-0.3, -0.25) is 0 Å². The van der Waals surface area contributed by atoms with Gasteiger partial charge in [-0.05, 0) is 32.2 Å². The first-order valence-electron chi connectivity index (χ1n) is 6.31. The number of hydrogen-bond donors (Lipinski definition) is 1. The highest BCUT2D eigenvalue weighted by molar-refractivity contribution is 5.31. The van der Waals surface area contributed by atoms with Gasteiger partial charge in [-0.25, -0.2) is 4.39 Å². The highest BCUT2D eigenvalue weighted by Crippen LogP contribution is 2.22. The molecule has 2 rings (SSSR count). The molecular formula is C15H19FN2O. The third-order valence-corrected chi connectivity index (χ3v) is 3.35. The molecule has 0 saturated heterocycles. The van der Waals surface area contributed by atoms with Crippen LogP contribution in [0.2, 0.25) is 0 Å². The van der Waals surface area contributed by atoms with Crippen molar-refractivity contribution in [2.45, 2.75) is 19.5 Å². The Balaban J connectivity index is 2.29. The van der Waals surface area contributed by atoms with E-state index in [4.69, 9.17) is 4.74 Å². The van der Waals surface area contributed by atoms with Gasteiger partial charge < -0.3 is 14.6 Å². The largest absolute Gasteiger partial charge is 0.494 e. The average molecular weight is 262 g/mol. The number of rotatable bonds is 5. The van der Waals surface area contributed by atoms with Crippen molar-refractivity contribution >= 4 is 0 Å². The summed E-state index contributed by atoms with van der Waals surface area (Å²) in [6.07, 6.45) is 1.96. The molecule has 0 radical (unpaired) electrons. The maximum Gasteiger partial charge on any atom is 0.170 e. The fourth-order valence-electron chi connectivity index (χ4n) is 2.13. The van der Waals surface area contributed by atoms with Crippen molar-refractivity contribution in [1.82, 2.24) is 9.88 Å². The first-order valence-corrected chi connectivity index (χ1v) is 6.31. The molecule has 0 amide bonds. The second kappa shape index (κ2) is 5.89. The summed E-state index contributed by atoms with van der Waals surface area (Å²) in [6, 6.07) is 9.46. The van der Waals surface area contributed by atoms with Crippen LogP contribution in [0.1, 0.15) is 24.2 Å². The molecule has 0 aliphatic rings. The lowest BCUT2D eigenvalue weighted by atomic mass is 10.2. The van der Waals surface area contributed by atoms with Crippen molar-refractivity contribution in [2.75, 3.05) is 14.2 Å². The summed E-state index contributed by atoms with van der Waals surface area (Å²) in [4.78, 5) is 0. The van der Waals surface area contributed by atoms with E-state index < -0.39 is 0 Å². The molecule has 0 saturated carbocycles. The number of benzene rings is 1. The summed E-state index contributed by atoms with van der Waals surface area (Å²) < 4.78 is 21.2. The topological polar surface area (TPSA) is 26.2 Å². The average Bonchev–Trinajstić information content (AvgIpc) is 2.88. The lowest BCUT2D eigenvalue weighted by Gasteiger charge is -2.16. The van der Waals surface area contributed by atoms with Crippen molar-refractivity contribution in [2.24, 2.45) is 0 Å². The fraction of sp³-hybridized carbons (Fsp3) is 0.333. The van der Waals surface area contributed by atoms with Gasteiger partial charge in [0.1, 0.15) is 0 Å². The normalized spacial score (nSPS) is 12.4. The number of ether oxygens (including phenoxy) is 1. The van der Waals surface area contributed by atoms with Gasteiger partial charge in [0.15, 0.2) is 11.6 Å². The molecule has 1 aromatic heterocycles. The van der Waals surface area contributed by atoms with E-state index in [1.54, 1.807) is 12.1 Å². The van der Waals surface area contributed by atoms with Crippen molar-refractivity contribution in [1.29, 1.82) is 0 Å². The zero-order valence-corrected chi connectivity index (χ0v) is 11.5. The minimum absolute atomic E-state index is 0.226. The smallest absolute Gasteiger partial charge is 0.170 e. The molecular weight excluding hydrogens is 243 g/mol. The molecule has 0 bridgehead atoms. The van der Waals surface area contributed by atoms with E-state index in [1.165, 1.54) is 7.11 Å². The Labute approximate surface area is 113 Å². The Morgan fingerprint density at radius 1 is 1.32 bits per heavy atom. The summed E-state index contributed by atoms with van der Waals surface area (Å²) in [5.41, 5.74) is 1.75. The highest BCUT2D eigenvalue weighted by Gasteiger charge is 2.12. The van der Waals surface area contributed by atoms with Gasteiger partial charge in [0.25, 0.3) is 0 Å². The van der Waals surface area contributed by atoms with Gasteiger partial charge in [-0.15, -0.1) is 0 Å². The Hall–Kier alpha value is -1.81. The van der Waals surface area contributed by atoms with E-state index in [1.807, 2.05) is 36.0 Å². The zero-order valence-electron chi connectivity index (χ0n) is 11.5. The Kier molecular flexibility index (Phi) is 4.22. The first-order chi connectivity index (χ1) is 9.17. The van der Waals surface area contributed by atoms with E-state index in [0.717, 1.165) is 5.69 Å². The van der Waals surface area contributed by atoms with Crippen LogP contribution in [0, 0.1) is 5.82 Å². The van der Waals surface area contributed by atoms with E-state index in [0.29, 0.717) is 12.1 Å². The molecule has 4 heteroatoms. The van der Waals surface area contributed by atoms with Crippen LogP contribution < -0.4 is 10.1 Å². The molecule has 19 heavy (non-hydrogen) atoms. The third-order valence-electron chi connectivity index (χ3n) is 3.35. The van der Waals surface area contributed by atoms with Crippen LogP contribution in [-0.4, -0.2) is 18.7 Å². The van der Waals surface area contributed by atoms with Gasteiger partial charge in [0, 0.05) is 23.5 Å². The zero-order chi connectivity index (χ0) is 13.8. The maximum atomic E-state index is 14.1. The number of aromatic nitrogens is 1. The van der Waals surface area contributed by atoms with E-state index in [9.17, 15) is 4.39 Å². The Bertz CT molecular complexity index is 551. The maximum absolute atomic E-state index is 14.1. The van der Waals surface area contributed by atoms with Crippen molar-refractivity contribution in [3.63, 3.8) is 0 Å². The van der Waals surface area contributed by atoms with Gasteiger partial charge in [0.2, 0.25) is 0 Å². The monoisotopic (exact) mass is 262 g/mol. The van der Waals surface area contributed by atoms with Gasteiger partial charge in [-0.1, -0.05) is 12.1 Å². The Morgan fingerprint density at radius 2 is 2.11 bits per heavy atom. The minimum atomic E-state index is -0.290. The number of hydrogen-bond acceptors (Lipinski definition) is 2. The second-order valence-electron chi connectivity index (χ2n) is 4.50. The lowest BCUT2D eigenvalue weighted by molar-refractivity contribution is 0.383. The molecule has 0 fully saturated rings. The number of nitrogens with one attached hydrogen (secondary N) is 1. The van der Waals surface area contributed by atoms with Crippen LogP contribution in [-0.2, 0) is 6.54 Å². The van der Waals surface area contributed by atoms with Gasteiger partial charge >= 0.3 is 0 Å². The molecule has 0 aliphatic heterocycles. The minimum Gasteiger partial charge on any atom is -0.494 e. The summed E-state index contributed by atoms with van der Waals surface area (Å²) in [5, 5.41) is 3.19. The summed E-state index contributed by atoms with van der Waals surface area (Å²) in [5.74, 6) is -0.00497. The third kappa shape index (κ3) is 2.79. The SMILES string of the molecule is CNC(C)c1cccn1Cc1cccc(OC)c1F. The number of nitrogens with zero attached hydrogens (tertiary/aromatic N) is 1. The van der Waals surface area contributed by atoms with Gasteiger partial charge in [-0.2, -0.15) is 0 Å². The van der Waals surface area contributed by atoms with Crippen molar-refractivity contribution < 1.29 is 9.13 Å². The van der Waals surface area contributed by atoms with E-state index in [-0.39, 0.29) is 17.6 Å². The summed E-state index contributed by atoms with van der Waals surface area (Å²) in [7, 11) is 3.39. The predicted molar refractivity (Wildman–Crippen MR) is 74.0 cm³/mol. The predicted octanol–water partition coefficient (Wildman–Crippen LogP) is 2.96. The van der Waals surface area contributed by atoms with Crippen LogP contribution >= 0.6 is 0 Å². The van der Waals surface area contributed by atoms with Crippen LogP contribution in [0.4, 0.5) is 4.39 Å². The molecule has 0 aliphatic carbocycles. The molecule has 1 aromatic carbocycles. The van der Waals surface area contributed by atoms with Crippen LogP contribution in [0.25, 0.3) is 0 Å². The van der Waals surface area contributed by atoms with E-state index in [2.05, 4.69) is 12.2 Å². The summed E-state index contributed by atoms with van der Waals surface area (Å²) in [6.45, 7) is 2.57. The Morgan fingerprint density at radius 3 is 2.79 bits per heavy atom. The van der Waals surface area contributed by atoms with Crippen molar-refractivity contribution in [3.8, 4) is 5.75 Å². The van der Waals surface area contributed by atoms with Crippen molar-refractivity contribution in [3.05, 3.63) is 53.6 Å². The number of methoxy groups -OCH3 is 1. The first kappa shape index (κ1) is 13.6. The molecule has 1 heterocycles. The molecule has 1 unspecified atom stereocenters. The number of halogens is 1. The van der Waals surface area contributed by atoms with Gasteiger partial charge in [0.05, 0.1) is 13.7 Å². The summed E-state index contributed by atoms with van der Waals surface area (Å²) >= 11 is 0. The van der Waals surface area contributed by atoms with Crippen LogP contribution in [0.5, 0.6) is 5.75 Å². The molecule has 1 atom stereocenters. The quantitative estimate of drug-likeness (QED) is 0.896. The molecule has 1 N–H and O–H groups in total. The molecule has 0 spiro atoms. The molecule has 102 valence electrons. The lowest BCUT2D eigenvalue weighted by Crippen LogP contribution is -2.17. The molecule has 3 nitrogen and oxygen atoms in total. The molecule has 2 aromatic rings. The highest BCUT2D eigenvalue weighted by atomic mass is 19.1.